The van der Waals surface area contributed by atoms with Crippen molar-refractivity contribution in [1.29, 1.82) is 0 Å². The van der Waals surface area contributed by atoms with Crippen LogP contribution < -0.4 is 9.80 Å². The van der Waals surface area contributed by atoms with Gasteiger partial charge < -0.3 is 18.9 Å². The maximum absolute atomic E-state index is 2.59. The minimum atomic E-state index is -0.636. The van der Waals surface area contributed by atoms with Crippen LogP contribution in [0.1, 0.15) is 44.5 Å². The molecule has 0 fully saturated rings. The van der Waals surface area contributed by atoms with E-state index in [0.29, 0.717) is 0 Å². The number of anilines is 6. The molecule has 150 heavy (non-hydrogen) atoms. The van der Waals surface area contributed by atoms with Crippen molar-refractivity contribution in [2.75, 3.05) is 9.80 Å². The van der Waals surface area contributed by atoms with Gasteiger partial charge in [-0.05, 0) is 276 Å². The summed E-state index contributed by atoms with van der Waals surface area (Å²) in [7, 11) is 0. The normalized spacial score (nSPS) is 12.8. The molecule has 4 heteroatoms. The van der Waals surface area contributed by atoms with Gasteiger partial charge in [-0.15, -0.1) is 0 Å². The van der Waals surface area contributed by atoms with Gasteiger partial charge in [-0.3, -0.25) is 0 Å². The molecule has 2 aromatic heterocycles. The Kier molecular flexibility index (Phi) is 19.8. The highest BCUT2D eigenvalue weighted by Gasteiger charge is 2.54. The summed E-state index contributed by atoms with van der Waals surface area (Å²) < 4.78 is 4.96. The first-order chi connectivity index (χ1) is 74.5. The SMILES string of the molecule is c1ccc(-c2ccccc2-c2ccccc2-c2ccccc2N(c2ccc(-c3cccc4c5c(-c6ccc(-c7ccccc7-c7ccccc7-c7ccccc7)c(N(c7ccc(-c8ccc9c%10ccccc%10n(-c%10ccccc%10)c9c8)cc7)c7ccc8c(c7)C7(c9ccccc9-c9ccccc97)c7ccccc7-8)c6)cccc5n(-c5ccccc5)c34)cc2)c2ccc3c(c2)C2(c4ccccc4-c4ccccc42)c2ccccc2-3)cc1. The van der Waals surface area contributed by atoms with Gasteiger partial charge in [0.05, 0.1) is 44.3 Å². The van der Waals surface area contributed by atoms with Crippen LogP contribution in [0.15, 0.2) is 570 Å². The Morgan fingerprint density at radius 2 is 0.440 bits per heavy atom. The molecule has 30 rings (SSSR count). The second kappa shape index (κ2) is 34.6. The van der Waals surface area contributed by atoms with Gasteiger partial charge >= 0.3 is 0 Å². The number of hydrogen-bond donors (Lipinski definition) is 0. The first-order valence-electron chi connectivity index (χ1n) is 52.1. The van der Waals surface area contributed by atoms with Crippen LogP contribution in [0.5, 0.6) is 0 Å². The van der Waals surface area contributed by atoms with Crippen molar-refractivity contribution in [2.24, 2.45) is 0 Å². The molecule has 2 spiro atoms. The van der Waals surface area contributed by atoms with Gasteiger partial charge in [0.25, 0.3) is 0 Å². The summed E-state index contributed by atoms with van der Waals surface area (Å²) in [6.45, 7) is 0. The van der Waals surface area contributed by atoms with Gasteiger partial charge in [-0.2, -0.15) is 0 Å². The highest BCUT2D eigenvalue weighted by Crippen LogP contribution is 2.67. The molecule has 2 heterocycles. The van der Waals surface area contributed by atoms with E-state index in [1.165, 1.54) is 122 Å². The lowest BCUT2D eigenvalue weighted by molar-refractivity contribution is 0.793. The van der Waals surface area contributed by atoms with Crippen LogP contribution in [0, 0.1) is 0 Å². The molecule has 0 radical (unpaired) electrons. The molecule has 0 amide bonds. The van der Waals surface area contributed by atoms with Crippen molar-refractivity contribution >= 4 is 77.7 Å². The molecular formula is C146H94N4. The fraction of sp³-hybridized carbons (Fsp3) is 0.0137. The molecule has 4 aliphatic carbocycles. The third-order valence-electron chi connectivity index (χ3n) is 32.6. The van der Waals surface area contributed by atoms with Gasteiger partial charge in [0.2, 0.25) is 0 Å². The van der Waals surface area contributed by atoms with Gasteiger partial charge in [-0.1, -0.05) is 467 Å². The third kappa shape index (κ3) is 13.0. The number of para-hydroxylation sites is 5. The average molecular weight is 1900 g/mol. The lowest BCUT2D eigenvalue weighted by Gasteiger charge is -2.33. The number of nitrogens with zero attached hydrogens (tertiary/aromatic N) is 4. The van der Waals surface area contributed by atoms with E-state index in [-0.39, 0.29) is 0 Å². The standard InChI is InChI=1S/C146H94N4/c1-5-39-96(40-6-1)107-47-13-15-49-111(107)113-51-17-19-53-115(113)125-61-27-35-72-138(125)147(105-85-89-123-121-59-25-33-70-134(121)145(136(123)93-105)130-66-29-21-55-117(130)118-56-22-30-67-131(118)145)103-83-77-98(78-84-103)110-64-37-65-129-143-109(63-38-74-140(143)150(144(110)129)102-45-11-4-12-46-102)100-80-88-127(116-54-20-18-52-114(116)112-50-16-14-48-108(112)97-41-7-2-8-42-97)141(92-100)148(104-81-75-95(76-82-104)99-79-87-128-126-62-28-36-73-139(126)149(142(128)91-99)101-43-9-3-10-44-101)106-86-90-124-122-60-26-34-71-135(122)146(137(124)94-106)132-68-31-23-57-119(132)120-58-24-32-69-133(120)146/h1-94H. The Morgan fingerprint density at radius 3 is 0.920 bits per heavy atom. The van der Waals surface area contributed by atoms with Crippen molar-refractivity contribution in [3.05, 3.63) is 615 Å². The lowest BCUT2D eigenvalue weighted by Crippen LogP contribution is -2.26. The highest BCUT2D eigenvalue weighted by atomic mass is 15.2. The predicted octanol–water partition coefficient (Wildman–Crippen LogP) is 38.5. The smallest absolute Gasteiger partial charge is 0.0726 e. The van der Waals surface area contributed by atoms with E-state index in [1.54, 1.807) is 0 Å². The van der Waals surface area contributed by atoms with Crippen molar-refractivity contribution in [2.45, 2.75) is 10.8 Å². The zero-order chi connectivity index (χ0) is 98.6. The van der Waals surface area contributed by atoms with Crippen LogP contribution in [0.2, 0.25) is 0 Å². The van der Waals surface area contributed by atoms with Crippen LogP contribution in [0.25, 0.3) is 200 Å². The monoisotopic (exact) mass is 1900 g/mol. The molecule has 0 unspecified atom stereocenters. The highest BCUT2D eigenvalue weighted by molar-refractivity contribution is 6.20. The van der Waals surface area contributed by atoms with Gasteiger partial charge in [-0.25, -0.2) is 0 Å². The molecule has 26 aromatic rings. The minimum absolute atomic E-state index is 0.583. The predicted molar refractivity (Wildman–Crippen MR) is 626 cm³/mol. The van der Waals surface area contributed by atoms with E-state index in [2.05, 4.69) is 589 Å². The average Bonchev–Trinajstić information content (AvgIpc) is 1.51. The van der Waals surface area contributed by atoms with Crippen LogP contribution in [0.3, 0.4) is 0 Å². The number of fused-ring (bicyclic) bond motifs is 26. The van der Waals surface area contributed by atoms with E-state index in [9.17, 15) is 0 Å². The summed E-state index contributed by atoms with van der Waals surface area (Å²) in [5.41, 5.74) is 52.4. The first-order valence-corrected chi connectivity index (χ1v) is 52.1. The summed E-state index contributed by atoms with van der Waals surface area (Å²) >= 11 is 0. The van der Waals surface area contributed by atoms with E-state index >= 15 is 0 Å². The second-order valence-electron chi connectivity index (χ2n) is 40.2. The Labute approximate surface area is 871 Å². The summed E-state index contributed by atoms with van der Waals surface area (Å²) in [4.78, 5) is 5.13. The first kappa shape index (κ1) is 86.0. The molecule has 0 saturated heterocycles. The van der Waals surface area contributed by atoms with Crippen molar-refractivity contribution in [3.8, 4) is 156 Å². The van der Waals surface area contributed by atoms with Gasteiger partial charge in [0, 0.05) is 72.4 Å². The van der Waals surface area contributed by atoms with Gasteiger partial charge in [0.15, 0.2) is 0 Å². The molecule has 0 atom stereocenters. The van der Waals surface area contributed by atoms with Crippen LogP contribution in [-0.4, -0.2) is 9.13 Å². The van der Waals surface area contributed by atoms with Crippen molar-refractivity contribution in [1.82, 2.24) is 9.13 Å². The summed E-state index contributed by atoms with van der Waals surface area (Å²) in [6.07, 6.45) is 0. The lowest BCUT2D eigenvalue weighted by atomic mass is 9.70. The second-order valence-corrected chi connectivity index (χ2v) is 40.2. The largest absolute Gasteiger partial charge is 0.310 e. The van der Waals surface area contributed by atoms with E-state index in [1.807, 2.05) is 0 Å². The van der Waals surface area contributed by atoms with E-state index in [0.717, 1.165) is 156 Å². The summed E-state index contributed by atoms with van der Waals surface area (Å²) in [6, 6.07) is 215. The molecule has 0 saturated carbocycles. The topological polar surface area (TPSA) is 16.3 Å². The number of hydrogen-bond acceptors (Lipinski definition) is 2. The summed E-state index contributed by atoms with van der Waals surface area (Å²) in [5.74, 6) is 0. The Balaban J connectivity index is 0.629. The fourth-order valence-electron chi connectivity index (χ4n) is 26.4. The number of rotatable bonds is 17. The van der Waals surface area contributed by atoms with Crippen LogP contribution >= 0.6 is 0 Å². The summed E-state index contributed by atoms with van der Waals surface area (Å²) in [5, 5.41) is 4.73. The number of aromatic nitrogens is 2. The molecule has 4 nitrogen and oxygen atoms in total. The van der Waals surface area contributed by atoms with Crippen molar-refractivity contribution in [3.63, 3.8) is 0 Å². The van der Waals surface area contributed by atoms with Gasteiger partial charge in [0.1, 0.15) is 0 Å². The molecule has 0 N–H and O–H groups in total. The zero-order valence-corrected chi connectivity index (χ0v) is 82.1. The third-order valence-corrected chi connectivity index (χ3v) is 32.6. The van der Waals surface area contributed by atoms with E-state index in [4.69, 9.17) is 0 Å². The minimum Gasteiger partial charge on any atom is -0.310 e. The molecule has 0 aliphatic heterocycles. The molecule has 24 aromatic carbocycles. The fourth-order valence-corrected chi connectivity index (χ4v) is 26.4. The zero-order valence-electron chi connectivity index (χ0n) is 82.1. The van der Waals surface area contributed by atoms with Crippen molar-refractivity contribution < 1.29 is 0 Å². The Morgan fingerprint density at radius 1 is 0.140 bits per heavy atom. The molecule has 0 bridgehead atoms. The number of benzene rings is 24. The maximum Gasteiger partial charge on any atom is 0.0726 e. The Hall–Kier alpha value is -19.5. The van der Waals surface area contributed by atoms with E-state index < -0.39 is 10.8 Å². The van der Waals surface area contributed by atoms with Crippen LogP contribution in [0.4, 0.5) is 34.1 Å². The maximum atomic E-state index is 2.59. The van der Waals surface area contributed by atoms with Crippen LogP contribution in [-0.2, 0) is 10.8 Å². The Bertz CT molecular complexity index is 9830. The molecule has 4 aliphatic rings. The molecular weight excluding hydrogens is 1810 g/mol. The quantitative estimate of drug-likeness (QED) is 0.0903. The molecule has 698 valence electrons.